The molecule has 0 atom stereocenters. The van der Waals surface area contributed by atoms with Gasteiger partial charge in [0, 0.05) is 20.0 Å². The van der Waals surface area contributed by atoms with Crippen molar-refractivity contribution in [2.45, 2.75) is 13.0 Å². The highest BCUT2D eigenvalue weighted by molar-refractivity contribution is 5.76. The second-order valence-electron chi connectivity index (χ2n) is 5.04. The molecule has 3 aromatic rings. The molecule has 0 aliphatic carbocycles. The summed E-state index contributed by atoms with van der Waals surface area (Å²) in [6.07, 6.45) is 0.445. The molecule has 2 N–H and O–H groups in total. The Labute approximate surface area is 121 Å². The van der Waals surface area contributed by atoms with Gasteiger partial charge in [0.05, 0.1) is 11.0 Å². The van der Waals surface area contributed by atoms with Crippen LogP contribution in [-0.2, 0) is 20.0 Å². The van der Waals surface area contributed by atoms with E-state index in [0.29, 0.717) is 18.5 Å². The molecule has 0 radical (unpaired) electrons. The first-order valence-electron chi connectivity index (χ1n) is 6.66. The lowest BCUT2D eigenvalue weighted by Crippen LogP contribution is -2.00. The van der Waals surface area contributed by atoms with E-state index in [1.54, 1.807) is 6.07 Å². The van der Waals surface area contributed by atoms with Crippen molar-refractivity contribution in [2.24, 2.45) is 12.8 Å². The van der Waals surface area contributed by atoms with Crippen LogP contribution < -0.4 is 5.73 Å². The highest BCUT2D eigenvalue weighted by Gasteiger charge is 2.10. The topological polar surface area (TPSA) is 43.8 Å². The van der Waals surface area contributed by atoms with Crippen molar-refractivity contribution in [3.63, 3.8) is 0 Å². The molecule has 0 unspecified atom stereocenters. The molecule has 0 aliphatic rings. The molecular weight excluding hydrogens is 272 g/mol. The average Bonchev–Trinajstić information content (AvgIpc) is 2.79. The maximum Gasteiger partial charge on any atom is 0.159 e. The number of fused-ring (bicyclic) bond motifs is 1. The lowest BCUT2D eigenvalue weighted by Gasteiger charge is -2.03. The molecule has 2 aromatic carbocycles. The normalized spacial score (nSPS) is 11.2. The van der Waals surface area contributed by atoms with E-state index in [9.17, 15) is 8.78 Å². The standard InChI is InChI=1S/C16H15F2N3/c1-21-15-5-3-11(9-19)7-14(15)20-16(21)8-10-2-4-12(17)13(18)6-10/h2-7H,8-9,19H2,1H3. The highest BCUT2D eigenvalue weighted by Crippen LogP contribution is 2.19. The van der Waals surface area contributed by atoms with Crippen molar-refractivity contribution in [3.05, 3.63) is 65.0 Å². The number of benzene rings is 2. The second kappa shape index (κ2) is 5.26. The SMILES string of the molecule is Cn1c(Cc2ccc(F)c(F)c2)nc2cc(CN)ccc21. The summed E-state index contributed by atoms with van der Waals surface area (Å²) in [4.78, 5) is 4.56. The summed E-state index contributed by atoms with van der Waals surface area (Å²) in [6, 6.07) is 9.80. The summed E-state index contributed by atoms with van der Waals surface area (Å²) in [7, 11) is 1.91. The predicted octanol–water partition coefficient (Wildman–Crippen LogP) is 2.90. The minimum Gasteiger partial charge on any atom is -0.331 e. The minimum atomic E-state index is -0.837. The first-order valence-corrected chi connectivity index (χ1v) is 6.66. The largest absolute Gasteiger partial charge is 0.331 e. The zero-order valence-electron chi connectivity index (χ0n) is 11.6. The van der Waals surface area contributed by atoms with E-state index >= 15 is 0 Å². The third-order valence-corrected chi connectivity index (χ3v) is 3.62. The predicted molar refractivity (Wildman–Crippen MR) is 77.8 cm³/mol. The molecule has 3 nitrogen and oxygen atoms in total. The van der Waals surface area contributed by atoms with E-state index in [1.165, 1.54) is 6.07 Å². The van der Waals surface area contributed by atoms with Crippen LogP contribution in [0.1, 0.15) is 17.0 Å². The van der Waals surface area contributed by atoms with Crippen molar-refractivity contribution in [3.8, 4) is 0 Å². The van der Waals surface area contributed by atoms with E-state index in [2.05, 4.69) is 4.98 Å². The van der Waals surface area contributed by atoms with Crippen LogP contribution in [0.3, 0.4) is 0 Å². The van der Waals surface area contributed by atoms with Crippen LogP contribution in [0.4, 0.5) is 8.78 Å². The van der Waals surface area contributed by atoms with Crippen molar-refractivity contribution >= 4 is 11.0 Å². The van der Waals surface area contributed by atoms with Crippen LogP contribution >= 0.6 is 0 Å². The Morgan fingerprint density at radius 3 is 2.52 bits per heavy atom. The molecule has 0 aliphatic heterocycles. The molecule has 3 rings (SSSR count). The van der Waals surface area contributed by atoms with E-state index < -0.39 is 11.6 Å². The van der Waals surface area contributed by atoms with Gasteiger partial charge < -0.3 is 10.3 Å². The van der Waals surface area contributed by atoms with Gasteiger partial charge in [-0.05, 0) is 35.4 Å². The molecule has 21 heavy (non-hydrogen) atoms. The number of hydrogen-bond donors (Lipinski definition) is 1. The van der Waals surface area contributed by atoms with Gasteiger partial charge in [0.25, 0.3) is 0 Å². The molecule has 0 amide bonds. The summed E-state index contributed by atoms with van der Waals surface area (Å²) < 4.78 is 28.2. The number of aromatic nitrogens is 2. The summed E-state index contributed by atoms with van der Waals surface area (Å²) in [5, 5.41) is 0. The summed E-state index contributed by atoms with van der Waals surface area (Å²) in [6.45, 7) is 0.463. The van der Waals surface area contributed by atoms with E-state index in [4.69, 9.17) is 5.73 Å². The van der Waals surface area contributed by atoms with E-state index in [1.807, 2.05) is 29.8 Å². The van der Waals surface area contributed by atoms with Gasteiger partial charge in [-0.1, -0.05) is 12.1 Å². The zero-order chi connectivity index (χ0) is 15.0. The fraction of sp³-hybridized carbons (Fsp3) is 0.188. The molecule has 0 bridgehead atoms. The van der Waals surface area contributed by atoms with Crippen LogP contribution in [-0.4, -0.2) is 9.55 Å². The van der Waals surface area contributed by atoms with Crippen molar-refractivity contribution < 1.29 is 8.78 Å². The summed E-state index contributed by atoms with van der Waals surface area (Å²) >= 11 is 0. The first-order chi connectivity index (χ1) is 10.1. The smallest absolute Gasteiger partial charge is 0.159 e. The fourth-order valence-corrected chi connectivity index (χ4v) is 2.41. The number of hydrogen-bond acceptors (Lipinski definition) is 2. The quantitative estimate of drug-likeness (QED) is 0.805. The Hall–Kier alpha value is -2.27. The Kier molecular flexibility index (Phi) is 3.43. The first kappa shape index (κ1) is 13.7. The molecular formula is C16H15F2N3. The van der Waals surface area contributed by atoms with Gasteiger partial charge in [-0.3, -0.25) is 0 Å². The van der Waals surface area contributed by atoms with Gasteiger partial charge in [0.1, 0.15) is 5.82 Å². The minimum absolute atomic E-state index is 0.445. The van der Waals surface area contributed by atoms with Gasteiger partial charge in [0.15, 0.2) is 11.6 Å². The number of nitrogens with zero attached hydrogens (tertiary/aromatic N) is 2. The van der Waals surface area contributed by atoms with Crippen LogP contribution in [0.5, 0.6) is 0 Å². The van der Waals surface area contributed by atoms with Crippen molar-refractivity contribution in [2.75, 3.05) is 0 Å². The molecule has 0 fully saturated rings. The zero-order valence-corrected chi connectivity index (χ0v) is 11.6. The van der Waals surface area contributed by atoms with Crippen LogP contribution in [0.25, 0.3) is 11.0 Å². The number of imidazole rings is 1. The molecule has 108 valence electrons. The molecule has 1 heterocycles. The van der Waals surface area contributed by atoms with Crippen LogP contribution in [0, 0.1) is 11.6 Å². The lowest BCUT2D eigenvalue weighted by molar-refractivity contribution is 0.507. The van der Waals surface area contributed by atoms with Crippen molar-refractivity contribution in [1.82, 2.24) is 9.55 Å². The van der Waals surface area contributed by atoms with Gasteiger partial charge in [0.2, 0.25) is 0 Å². The van der Waals surface area contributed by atoms with Crippen LogP contribution in [0.2, 0.25) is 0 Å². The van der Waals surface area contributed by atoms with E-state index in [-0.39, 0.29) is 0 Å². The lowest BCUT2D eigenvalue weighted by atomic mass is 10.1. The maximum absolute atomic E-state index is 13.3. The highest BCUT2D eigenvalue weighted by atomic mass is 19.2. The summed E-state index contributed by atoms with van der Waals surface area (Å²) in [5.74, 6) is -0.877. The third-order valence-electron chi connectivity index (χ3n) is 3.62. The molecule has 0 spiro atoms. The Morgan fingerprint density at radius 2 is 1.81 bits per heavy atom. The number of nitrogens with two attached hydrogens (primary N) is 1. The van der Waals surface area contributed by atoms with Crippen LogP contribution in [0.15, 0.2) is 36.4 Å². The molecule has 0 saturated carbocycles. The monoisotopic (exact) mass is 287 g/mol. The van der Waals surface area contributed by atoms with Gasteiger partial charge >= 0.3 is 0 Å². The molecule has 1 aromatic heterocycles. The van der Waals surface area contributed by atoms with E-state index in [0.717, 1.165) is 28.5 Å². The summed E-state index contributed by atoms with van der Waals surface area (Å²) in [5.41, 5.74) is 9.18. The average molecular weight is 287 g/mol. The Bertz CT molecular complexity index is 809. The molecule has 0 saturated heterocycles. The van der Waals surface area contributed by atoms with Gasteiger partial charge in [-0.2, -0.15) is 0 Å². The molecule has 5 heteroatoms. The number of aryl methyl sites for hydroxylation is 1. The fourth-order valence-electron chi connectivity index (χ4n) is 2.41. The maximum atomic E-state index is 13.3. The second-order valence-corrected chi connectivity index (χ2v) is 5.04. The number of halogens is 2. The van der Waals surface area contributed by atoms with Crippen molar-refractivity contribution in [1.29, 1.82) is 0 Å². The number of rotatable bonds is 3. The Morgan fingerprint density at radius 1 is 1.05 bits per heavy atom. The van der Waals surface area contributed by atoms with Gasteiger partial charge in [-0.15, -0.1) is 0 Å². The van der Waals surface area contributed by atoms with Gasteiger partial charge in [-0.25, -0.2) is 13.8 Å². The Balaban J connectivity index is 2.00. The third kappa shape index (κ3) is 2.52.